The van der Waals surface area contributed by atoms with E-state index in [1.807, 2.05) is 0 Å². The summed E-state index contributed by atoms with van der Waals surface area (Å²) in [6.45, 7) is -0.00290. The molecule has 0 spiro atoms. The number of amides is 2. The number of urea groups is 1. The first kappa shape index (κ1) is 10.7. The minimum atomic E-state index is -0.352. The van der Waals surface area contributed by atoms with E-state index < -0.39 is 0 Å². The van der Waals surface area contributed by atoms with Gasteiger partial charge in [0.2, 0.25) is 0 Å². The summed E-state index contributed by atoms with van der Waals surface area (Å²) in [6, 6.07) is -0.352. The van der Waals surface area contributed by atoms with Crippen LogP contribution in [0.1, 0.15) is 12.8 Å². The molecule has 84 valence electrons. The average Bonchev–Trinajstić information content (AvgIpc) is 2.66. The molecule has 15 heavy (non-hydrogen) atoms. The van der Waals surface area contributed by atoms with E-state index in [-0.39, 0.29) is 25.0 Å². The summed E-state index contributed by atoms with van der Waals surface area (Å²) in [7, 11) is 0. The zero-order valence-corrected chi connectivity index (χ0v) is 8.94. The van der Waals surface area contributed by atoms with Crippen LogP contribution in [-0.2, 0) is 4.74 Å². The topological polar surface area (TPSA) is 88.2 Å². The van der Waals surface area contributed by atoms with E-state index in [1.54, 1.807) is 0 Å². The number of hydrogen-bond donors (Lipinski definition) is 2. The molecule has 0 saturated carbocycles. The van der Waals surface area contributed by atoms with Crippen molar-refractivity contribution in [3.63, 3.8) is 0 Å². The van der Waals surface area contributed by atoms with Crippen molar-refractivity contribution in [1.82, 2.24) is 4.90 Å². The Morgan fingerprint density at radius 2 is 2.47 bits per heavy atom. The smallest absolute Gasteiger partial charge is 0.348 e. The Bertz CT molecular complexity index is 297. The number of ether oxygens (including phenoxy) is 1. The zero-order valence-electron chi connectivity index (χ0n) is 8.13. The van der Waals surface area contributed by atoms with Gasteiger partial charge in [-0.15, -0.1) is 0 Å². The lowest BCUT2D eigenvalue weighted by Gasteiger charge is -2.28. The molecule has 2 heterocycles. The predicted molar refractivity (Wildman–Crippen MR) is 56.3 cm³/mol. The maximum absolute atomic E-state index is 11.5. The first-order valence-electron chi connectivity index (χ1n) is 4.74. The number of carbonyl (C=O) groups excluding carboxylic acids is 1. The molecule has 2 amide bonds. The molecule has 2 atom stereocenters. The molecular weight excluding hydrogens is 218 g/mol. The van der Waals surface area contributed by atoms with Gasteiger partial charge in [0.05, 0.1) is 18.6 Å². The summed E-state index contributed by atoms with van der Waals surface area (Å²) in [5.41, 5.74) is 5.42. The molecule has 0 unspecified atom stereocenters. The van der Waals surface area contributed by atoms with Gasteiger partial charge in [0.1, 0.15) is 6.23 Å². The summed E-state index contributed by atoms with van der Waals surface area (Å²) < 4.78 is 5.49. The molecule has 2 aliphatic rings. The highest BCUT2D eigenvalue weighted by molar-refractivity contribution is 8.13. The van der Waals surface area contributed by atoms with E-state index in [0.29, 0.717) is 11.0 Å². The van der Waals surface area contributed by atoms with E-state index in [4.69, 9.17) is 15.6 Å². The minimum absolute atomic E-state index is 0.00290. The molecule has 2 rings (SSSR count). The van der Waals surface area contributed by atoms with E-state index >= 15 is 0 Å². The SMILES string of the molecule is NC1=NC(=O)N([C@H]2CC[C@@H](CO)O2)CS1. The van der Waals surface area contributed by atoms with Gasteiger partial charge in [-0.1, -0.05) is 11.8 Å². The van der Waals surface area contributed by atoms with Crippen LogP contribution in [-0.4, -0.2) is 46.0 Å². The maximum atomic E-state index is 11.5. The standard InChI is InChI=1S/C8H13N3O3S/c9-7-10-8(13)11(4-15-7)6-2-1-5(3-12)14-6/h5-6,12H,1-4H2,(H2,9,10,13)/t5-,6+/m0/s1. The van der Waals surface area contributed by atoms with Crippen LogP contribution in [0.25, 0.3) is 0 Å². The summed E-state index contributed by atoms with van der Waals surface area (Å²) in [4.78, 5) is 16.7. The summed E-state index contributed by atoms with van der Waals surface area (Å²) in [5.74, 6) is 0.469. The maximum Gasteiger partial charge on any atom is 0.348 e. The molecule has 2 aliphatic heterocycles. The lowest BCUT2D eigenvalue weighted by Crippen LogP contribution is -2.42. The molecule has 0 aromatic carbocycles. The quantitative estimate of drug-likeness (QED) is 0.694. The van der Waals surface area contributed by atoms with Crippen molar-refractivity contribution in [3.8, 4) is 0 Å². The fourth-order valence-electron chi connectivity index (χ4n) is 1.64. The van der Waals surface area contributed by atoms with Crippen molar-refractivity contribution in [2.45, 2.75) is 25.2 Å². The van der Waals surface area contributed by atoms with Crippen LogP contribution < -0.4 is 5.73 Å². The third-order valence-electron chi connectivity index (χ3n) is 2.44. The Morgan fingerprint density at radius 3 is 3.07 bits per heavy atom. The van der Waals surface area contributed by atoms with Gasteiger partial charge in [0, 0.05) is 0 Å². The highest BCUT2D eigenvalue weighted by Crippen LogP contribution is 2.26. The Morgan fingerprint density at radius 1 is 1.67 bits per heavy atom. The molecule has 7 heteroatoms. The summed E-state index contributed by atoms with van der Waals surface area (Å²) >= 11 is 1.32. The van der Waals surface area contributed by atoms with Gasteiger partial charge in [-0.2, -0.15) is 4.99 Å². The van der Waals surface area contributed by atoms with Gasteiger partial charge in [-0.05, 0) is 12.8 Å². The van der Waals surface area contributed by atoms with Gasteiger partial charge in [0.15, 0.2) is 5.17 Å². The molecular formula is C8H13N3O3S. The van der Waals surface area contributed by atoms with E-state index in [2.05, 4.69) is 4.99 Å². The molecule has 0 aliphatic carbocycles. The second-order valence-corrected chi connectivity index (χ2v) is 4.41. The Labute approximate surface area is 91.5 Å². The molecule has 3 N–H and O–H groups in total. The van der Waals surface area contributed by atoms with Gasteiger partial charge >= 0.3 is 6.03 Å². The molecule has 0 aromatic rings. The number of amidine groups is 1. The van der Waals surface area contributed by atoms with Crippen LogP contribution in [0.3, 0.4) is 0 Å². The van der Waals surface area contributed by atoms with Crippen LogP contribution in [0.2, 0.25) is 0 Å². The second kappa shape index (κ2) is 4.38. The van der Waals surface area contributed by atoms with Crippen LogP contribution in [0, 0.1) is 0 Å². The third kappa shape index (κ3) is 2.24. The molecule has 0 radical (unpaired) electrons. The molecule has 6 nitrogen and oxygen atoms in total. The van der Waals surface area contributed by atoms with Crippen LogP contribution in [0.4, 0.5) is 4.79 Å². The number of nitrogens with zero attached hydrogens (tertiary/aromatic N) is 2. The van der Waals surface area contributed by atoms with Gasteiger partial charge in [-0.25, -0.2) is 4.79 Å². The van der Waals surface area contributed by atoms with Crippen molar-refractivity contribution in [3.05, 3.63) is 0 Å². The van der Waals surface area contributed by atoms with Gasteiger partial charge in [0.25, 0.3) is 0 Å². The van der Waals surface area contributed by atoms with E-state index in [1.165, 1.54) is 16.7 Å². The number of rotatable bonds is 2. The first-order valence-corrected chi connectivity index (χ1v) is 5.73. The van der Waals surface area contributed by atoms with Crippen molar-refractivity contribution in [2.24, 2.45) is 10.7 Å². The predicted octanol–water partition coefficient (Wildman–Crippen LogP) is -0.0752. The van der Waals surface area contributed by atoms with Gasteiger partial charge in [-0.3, -0.25) is 4.90 Å². The lowest BCUT2D eigenvalue weighted by atomic mass is 10.2. The zero-order chi connectivity index (χ0) is 10.8. The highest BCUT2D eigenvalue weighted by atomic mass is 32.2. The monoisotopic (exact) mass is 231 g/mol. The van der Waals surface area contributed by atoms with Crippen molar-refractivity contribution < 1.29 is 14.6 Å². The third-order valence-corrected chi connectivity index (χ3v) is 3.23. The number of carbonyl (C=O) groups is 1. The number of nitrogens with two attached hydrogens (primary N) is 1. The second-order valence-electron chi connectivity index (χ2n) is 3.45. The normalized spacial score (nSPS) is 31.9. The number of hydrogen-bond acceptors (Lipinski definition) is 5. The van der Waals surface area contributed by atoms with Crippen molar-refractivity contribution in [1.29, 1.82) is 0 Å². The lowest BCUT2D eigenvalue weighted by molar-refractivity contribution is -0.0433. The highest BCUT2D eigenvalue weighted by Gasteiger charge is 2.34. The molecule has 1 fully saturated rings. The minimum Gasteiger partial charge on any atom is -0.394 e. The van der Waals surface area contributed by atoms with E-state index in [0.717, 1.165) is 12.8 Å². The number of thioether (sulfide) groups is 1. The molecule has 0 bridgehead atoms. The van der Waals surface area contributed by atoms with Crippen LogP contribution >= 0.6 is 11.8 Å². The molecule has 0 aromatic heterocycles. The fraction of sp³-hybridized carbons (Fsp3) is 0.750. The average molecular weight is 231 g/mol. The summed E-state index contributed by atoms with van der Waals surface area (Å²) in [5, 5.41) is 9.21. The largest absolute Gasteiger partial charge is 0.394 e. The first-order chi connectivity index (χ1) is 7.20. The van der Waals surface area contributed by atoms with Crippen molar-refractivity contribution in [2.75, 3.05) is 12.5 Å². The number of aliphatic imine (C=N–C) groups is 1. The van der Waals surface area contributed by atoms with Crippen LogP contribution in [0.15, 0.2) is 4.99 Å². The summed E-state index contributed by atoms with van der Waals surface area (Å²) in [6.07, 6.45) is 1.09. The number of aliphatic hydroxyl groups excluding tert-OH is 1. The van der Waals surface area contributed by atoms with Crippen molar-refractivity contribution >= 4 is 23.0 Å². The van der Waals surface area contributed by atoms with Crippen LogP contribution in [0.5, 0.6) is 0 Å². The Kier molecular flexibility index (Phi) is 3.13. The van der Waals surface area contributed by atoms with Gasteiger partial charge < -0.3 is 15.6 Å². The Balaban J connectivity index is 1.98. The number of aliphatic hydroxyl groups is 1. The molecule has 1 saturated heterocycles. The fourth-order valence-corrected chi connectivity index (χ4v) is 2.33. The Hall–Kier alpha value is -0.790. The van der Waals surface area contributed by atoms with E-state index in [9.17, 15) is 4.79 Å².